The Morgan fingerprint density at radius 2 is 0.759 bits per heavy atom. The predicted octanol–water partition coefficient (Wildman–Crippen LogP) is 17.6. The zero-order valence-electron chi connectivity index (χ0n) is 51.9. The standard InChI is InChI=1S/C71H114O12/c1-4-7-10-13-16-19-22-25-28-30-32-34-37-39-42-45-48-51-54-57-63(72)79-60-62(81-64(73)58-55-52-49-46-43-40-36-27-24-21-18-15-12-9-6-3)61-80-71-69(67(76)66(75)68(83-71)70(77)78)82-65(74)59-56-53-50-47-44-41-38-35-33-31-29-26-23-20-17-14-11-8-5-2/h8-9,11-12,16-21,25-29,33,35-36,41,44,62,66-69,71,75-76H,4-7,10,13-15,22-24,30-32,34,37-40,42-43,45-61H2,1-3H3,(H,77,78)/b11-8-,12-9-,19-16-,20-17-,21-18-,28-25-,29-26-,35-33-,36-27-,44-41-. The van der Waals surface area contributed by atoms with Crippen LogP contribution in [-0.4, -0.2) is 89.2 Å². The van der Waals surface area contributed by atoms with Gasteiger partial charge in [0, 0.05) is 19.3 Å². The van der Waals surface area contributed by atoms with Crippen molar-refractivity contribution in [2.45, 2.75) is 289 Å². The van der Waals surface area contributed by atoms with Crippen molar-refractivity contribution in [3.8, 4) is 0 Å². The molecular formula is C71H114O12. The lowest BCUT2D eigenvalue weighted by Crippen LogP contribution is -2.61. The van der Waals surface area contributed by atoms with Crippen molar-refractivity contribution in [3.63, 3.8) is 0 Å². The molecule has 0 spiro atoms. The zero-order chi connectivity index (χ0) is 60.3. The van der Waals surface area contributed by atoms with Gasteiger partial charge in [-0.05, 0) is 128 Å². The maximum absolute atomic E-state index is 13.2. The number of aliphatic hydroxyl groups is 2. The third-order valence-corrected chi connectivity index (χ3v) is 14.0. The van der Waals surface area contributed by atoms with Crippen molar-refractivity contribution < 1.29 is 58.2 Å². The second kappa shape index (κ2) is 57.5. The van der Waals surface area contributed by atoms with E-state index in [0.29, 0.717) is 19.3 Å². The van der Waals surface area contributed by atoms with Gasteiger partial charge >= 0.3 is 23.9 Å². The summed E-state index contributed by atoms with van der Waals surface area (Å²) in [7, 11) is 0. The summed E-state index contributed by atoms with van der Waals surface area (Å²) >= 11 is 0. The minimum absolute atomic E-state index is 0.0129. The number of allylic oxidation sites excluding steroid dienone is 20. The number of hydrogen-bond acceptors (Lipinski definition) is 11. The van der Waals surface area contributed by atoms with Crippen molar-refractivity contribution >= 4 is 23.9 Å². The molecule has 1 aliphatic heterocycles. The van der Waals surface area contributed by atoms with E-state index in [9.17, 15) is 34.5 Å². The van der Waals surface area contributed by atoms with Crippen LogP contribution in [0.3, 0.4) is 0 Å². The Morgan fingerprint density at radius 1 is 0.410 bits per heavy atom. The van der Waals surface area contributed by atoms with Gasteiger partial charge in [-0.1, -0.05) is 226 Å². The van der Waals surface area contributed by atoms with E-state index >= 15 is 0 Å². The molecule has 6 atom stereocenters. The van der Waals surface area contributed by atoms with Gasteiger partial charge in [-0.15, -0.1) is 0 Å². The van der Waals surface area contributed by atoms with Gasteiger partial charge in [-0.3, -0.25) is 14.4 Å². The Balaban J connectivity index is 2.69. The molecule has 0 bridgehead atoms. The lowest BCUT2D eigenvalue weighted by atomic mass is 9.98. The fraction of sp³-hybridized carbons (Fsp3) is 0.662. The molecule has 0 aromatic heterocycles. The molecule has 1 rings (SSSR count). The summed E-state index contributed by atoms with van der Waals surface area (Å²) in [5.41, 5.74) is 0. The Hall–Kier alpha value is -4.88. The molecule has 0 radical (unpaired) electrons. The number of aliphatic hydroxyl groups excluding tert-OH is 2. The summed E-state index contributed by atoms with van der Waals surface area (Å²) in [5.74, 6) is -3.20. The van der Waals surface area contributed by atoms with E-state index in [1.807, 2.05) is 0 Å². The van der Waals surface area contributed by atoms with Crippen LogP contribution in [0.2, 0.25) is 0 Å². The van der Waals surface area contributed by atoms with Gasteiger partial charge in [-0.25, -0.2) is 4.79 Å². The van der Waals surface area contributed by atoms with Crippen molar-refractivity contribution in [2.24, 2.45) is 0 Å². The van der Waals surface area contributed by atoms with Crippen LogP contribution in [0.25, 0.3) is 0 Å². The molecular weight excluding hydrogens is 1040 g/mol. The number of hydrogen-bond donors (Lipinski definition) is 3. The average Bonchev–Trinajstić information content (AvgIpc) is 3.60. The first kappa shape index (κ1) is 76.1. The first-order valence-electron chi connectivity index (χ1n) is 32.5. The van der Waals surface area contributed by atoms with E-state index in [1.54, 1.807) is 0 Å². The number of aliphatic carboxylic acids is 1. The molecule has 0 aromatic carbocycles. The minimum Gasteiger partial charge on any atom is -0.479 e. The van der Waals surface area contributed by atoms with Gasteiger partial charge in [0.15, 0.2) is 24.6 Å². The summed E-state index contributed by atoms with van der Waals surface area (Å²) in [6, 6.07) is 0. The molecule has 1 fully saturated rings. The number of esters is 3. The number of carbonyl (C=O) groups is 4. The highest BCUT2D eigenvalue weighted by molar-refractivity contribution is 5.74. The number of unbranched alkanes of at least 4 members (excludes halogenated alkanes) is 20. The molecule has 0 amide bonds. The maximum atomic E-state index is 13.2. The quantitative estimate of drug-likeness (QED) is 0.0228. The van der Waals surface area contributed by atoms with Gasteiger partial charge in [0.05, 0.1) is 6.61 Å². The SMILES string of the molecule is CC/C=C\C/C=C\C/C=C\C/C=C\C/C=C\CCCCCC(=O)OC1C(OCC(COC(=O)CCCCCCCCCCC/C=C\C/C=C\CCCCC)OC(=O)CCCCCCC/C=C\C/C=C\C/C=C\CC)OC(C(=O)O)C(O)C1O. The number of carboxylic acid groups (broad SMARTS) is 1. The van der Waals surface area contributed by atoms with Gasteiger partial charge < -0.3 is 39.0 Å². The summed E-state index contributed by atoms with van der Waals surface area (Å²) in [6.07, 6.45) is 67.2. The van der Waals surface area contributed by atoms with Crippen molar-refractivity contribution in [1.82, 2.24) is 0 Å². The third kappa shape index (κ3) is 47.1. The minimum atomic E-state index is -1.93. The fourth-order valence-corrected chi connectivity index (χ4v) is 9.09. The third-order valence-electron chi connectivity index (χ3n) is 14.0. The highest BCUT2D eigenvalue weighted by atomic mass is 16.7. The van der Waals surface area contributed by atoms with Crippen LogP contribution in [-0.2, 0) is 42.9 Å². The maximum Gasteiger partial charge on any atom is 0.335 e. The molecule has 0 saturated carbocycles. The van der Waals surface area contributed by atoms with Gasteiger partial charge in [0.25, 0.3) is 0 Å². The van der Waals surface area contributed by atoms with Gasteiger partial charge in [0.2, 0.25) is 0 Å². The largest absolute Gasteiger partial charge is 0.479 e. The van der Waals surface area contributed by atoms with E-state index in [0.717, 1.165) is 135 Å². The Kier molecular flexibility index (Phi) is 52.8. The molecule has 1 saturated heterocycles. The summed E-state index contributed by atoms with van der Waals surface area (Å²) in [5, 5.41) is 31.6. The van der Waals surface area contributed by atoms with E-state index in [2.05, 4.69) is 142 Å². The second-order valence-corrected chi connectivity index (χ2v) is 21.6. The average molecular weight is 1160 g/mol. The van der Waals surface area contributed by atoms with Crippen LogP contribution in [0.1, 0.15) is 252 Å². The van der Waals surface area contributed by atoms with Crippen molar-refractivity contribution in [2.75, 3.05) is 13.2 Å². The Morgan fingerprint density at radius 3 is 1.17 bits per heavy atom. The van der Waals surface area contributed by atoms with Gasteiger partial charge in [-0.2, -0.15) is 0 Å². The normalized spacial score (nSPS) is 18.4. The lowest BCUT2D eigenvalue weighted by molar-refractivity contribution is -0.301. The van der Waals surface area contributed by atoms with E-state index in [4.69, 9.17) is 23.7 Å². The highest BCUT2D eigenvalue weighted by Crippen LogP contribution is 2.26. The molecule has 6 unspecified atom stereocenters. The number of carbonyl (C=O) groups excluding carboxylic acids is 3. The second-order valence-electron chi connectivity index (χ2n) is 21.6. The van der Waals surface area contributed by atoms with E-state index in [-0.39, 0.29) is 25.9 Å². The van der Waals surface area contributed by atoms with Crippen LogP contribution in [0.5, 0.6) is 0 Å². The van der Waals surface area contributed by atoms with Crippen LogP contribution in [0.15, 0.2) is 122 Å². The Labute approximate surface area is 503 Å². The zero-order valence-corrected chi connectivity index (χ0v) is 51.9. The van der Waals surface area contributed by atoms with Crippen molar-refractivity contribution in [1.29, 1.82) is 0 Å². The molecule has 1 aliphatic rings. The molecule has 0 aliphatic carbocycles. The van der Waals surface area contributed by atoms with Gasteiger partial charge in [0.1, 0.15) is 18.8 Å². The first-order chi connectivity index (χ1) is 40.6. The first-order valence-corrected chi connectivity index (χ1v) is 32.5. The number of ether oxygens (including phenoxy) is 5. The van der Waals surface area contributed by atoms with Crippen LogP contribution in [0, 0.1) is 0 Å². The molecule has 1 heterocycles. The molecule has 83 heavy (non-hydrogen) atoms. The fourth-order valence-electron chi connectivity index (χ4n) is 9.09. The summed E-state index contributed by atoms with van der Waals surface area (Å²) in [6.45, 7) is 5.72. The summed E-state index contributed by atoms with van der Waals surface area (Å²) < 4.78 is 28.5. The number of carboxylic acids is 1. The smallest absolute Gasteiger partial charge is 0.335 e. The lowest BCUT2D eigenvalue weighted by Gasteiger charge is -2.40. The van der Waals surface area contributed by atoms with E-state index in [1.165, 1.54) is 57.8 Å². The van der Waals surface area contributed by atoms with Crippen LogP contribution >= 0.6 is 0 Å². The van der Waals surface area contributed by atoms with Crippen molar-refractivity contribution in [3.05, 3.63) is 122 Å². The topological polar surface area (TPSA) is 175 Å². The number of rotatable bonds is 54. The summed E-state index contributed by atoms with van der Waals surface area (Å²) in [4.78, 5) is 51.3. The molecule has 12 heteroatoms. The molecule has 3 N–H and O–H groups in total. The predicted molar refractivity (Wildman–Crippen MR) is 340 cm³/mol. The molecule has 470 valence electrons. The van der Waals surface area contributed by atoms with Crippen LogP contribution < -0.4 is 0 Å². The van der Waals surface area contributed by atoms with Crippen LogP contribution in [0.4, 0.5) is 0 Å². The van der Waals surface area contributed by atoms with E-state index < -0.39 is 67.3 Å². The molecule has 12 nitrogen and oxygen atoms in total. The molecule has 0 aromatic rings. The monoisotopic (exact) mass is 1160 g/mol. The Bertz CT molecular complexity index is 1900. The highest BCUT2D eigenvalue weighted by Gasteiger charge is 2.50.